The van der Waals surface area contributed by atoms with Crippen molar-refractivity contribution in [1.82, 2.24) is 24.1 Å². The van der Waals surface area contributed by atoms with E-state index in [1.54, 1.807) is 0 Å². The van der Waals surface area contributed by atoms with Crippen molar-refractivity contribution < 1.29 is 0 Å². The topological polar surface area (TPSA) is 48.5 Å². The van der Waals surface area contributed by atoms with Crippen LogP contribution in [0.15, 0.2) is 237 Å². The molecule has 16 aromatic rings. The number of nitrogens with zero attached hydrogens (tertiary/aromatic N) is 5. The summed E-state index contributed by atoms with van der Waals surface area (Å²) in [6, 6.07) is 85.5. The minimum atomic E-state index is 0.623. The fourth-order valence-corrected chi connectivity index (χ4v) is 13.3. The van der Waals surface area contributed by atoms with Crippen LogP contribution in [0.2, 0.25) is 0 Å². The molecule has 0 aliphatic rings. The van der Waals surface area contributed by atoms with Crippen LogP contribution in [0, 0.1) is 0 Å². The average Bonchev–Trinajstić information content (AvgIpc) is 4.15. The Kier molecular flexibility index (Phi) is 8.55. The van der Waals surface area contributed by atoms with Crippen LogP contribution in [0.3, 0.4) is 0 Å². The molecule has 0 spiro atoms. The van der Waals surface area contributed by atoms with Crippen molar-refractivity contribution >= 4 is 118 Å². The monoisotopic (exact) mass is 945 g/mol. The van der Waals surface area contributed by atoms with Crippen LogP contribution in [0.25, 0.3) is 152 Å². The molecule has 0 N–H and O–H groups in total. The summed E-state index contributed by atoms with van der Waals surface area (Å²) in [5.74, 6) is 1.88. The minimum Gasteiger partial charge on any atom is -0.309 e. The third-order valence-corrected chi connectivity index (χ3v) is 16.4. The van der Waals surface area contributed by atoms with Crippen molar-refractivity contribution in [3.8, 4) is 45.5 Å². The van der Waals surface area contributed by atoms with Gasteiger partial charge < -0.3 is 9.13 Å². The maximum atomic E-state index is 5.64. The third kappa shape index (κ3) is 5.93. The van der Waals surface area contributed by atoms with E-state index in [2.05, 4.69) is 246 Å². The summed E-state index contributed by atoms with van der Waals surface area (Å²) in [6.07, 6.45) is 0. The molecule has 0 aliphatic heterocycles. The van der Waals surface area contributed by atoms with Crippen molar-refractivity contribution in [2.75, 3.05) is 0 Å². The van der Waals surface area contributed by atoms with E-state index < -0.39 is 0 Å². The van der Waals surface area contributed by atoms with Gasteiger partial charge in [0.2, 0.25) is 0 Å². The second-order valence-electron chi connectivity index (χ2n) is 19.1. The van der Waals surface area contributed by atoms with Gasteiger partial charge in [-0.1, -0.05) is 182 Å². The Hall–Kier alpha value is -9.49. The predicted octanol–water partition coefficient (Wildman–Crippen LogP) is 18.0. The number of benzene rings is 12. The smallest absolute Gasteiger partial charge is 0.164 e. The van der Waals surface area contributed by atoms with E-state index >= 15 is 0 Å². The molecule has 12 aromatic carbocycles. The molecule has 0 amide bonds. The summed E-state index contributed by atoms with van der Waals surface area (Å²) in [6.45, 7) is 0. The molecule has 0 aliphatic carbocycles. The lowest BCUT2D eigenvalue weighted by Gasteiger charge is -2.14. The Balaban J connectivity index is 1.03. The van der Waals surface area contributed by atoms with Gasteiger partial charge in [-0.3, -0.25) is 0 Å². The minimum absolute atomic E-state index is 0.623. The van der Waals surface area contributed by atoms with Gasteiger partial charge in [-0.15, -0.1) is 11.3 Å². The molecule has 0 saturated heterocycles. The van der Waals surface area contributed by atoms with Crippen molar-refractivity contribution in [3.63, 3.8) is 0 Å². The predicted molar refractivity (Wildman–Crippen MR) is 308 cm³/mol. The van der Waals surface area contributed by atoms with Gasteiger partial charge in [0.15, 0.2) is 17.5 Å². The van der Waals surface area contributed by atoms with E-state index in [1.807, 2.05) is 11.3 Å². The van der Waals surface area contributed by atoms with E-state index in [1.165, 1.54) is 68.9 Å². The van der Waals surface area contributed by atoms with Crippen LogP contribution in [0.1, 0.15) is 0 Å². The molecule has 0 fully saturated rings. The van der Waals surface area contributed by atoms with Crippen LogP contribution in [0.5, 0.6) is 0 Å². The lowest BCUT2D eigenvalue weighted by Crippen LogP contribution is -2.02. The van der Waals surface area contributed by atoms with E-state index in [4.69, 9.17) is 15.0 Å². The van der Waals surface area contributed by atoms with Gasteiger partial charge in [-0.2, -0.15) is 0 Å². The van der Waals surface area contributed by atoms with Crippen LogP contribution in [-0.2, 0) is 0 Å². The highest BCUT2D eigenvalue weighted by atomic mass is 32.1. The van der Waals surface area contributed by atoms with Crippen LogP contribution < -0.4 is 0 Å². The summed E-state index contributed by atoms with van der Waals surface area (Å²) >= 11 is 1.86. The Morgan fingerprint density at radius 2 is 0.822 bits per heavy atom. The van der Waals surface area contributed by atoms with Gasteiger partial charge in [0.1, 0.15) is 0 Å². The molecule has 0 saturated carbocycles. The highest BCUT2D eigenvalue weighted by Gasteiger charge is 2.25. The van der Waals surface area contributed by atoms with Gasteiger partial charge in [-0.25, -0.2) is 15.0 Å². The van der Waals surface area contributed by atoms with Crippen molar-refractivity contribution in [2.24, 2.45) is 0 Å². The largest absolute Gasteiger partial charge is 0.309 e. The number of hydrogen-bond donors (Lipinski definition) is 0. The van der Waals surface area contributed by atoms with Crippen LogP contribution in [-0.4, -0.2) is 24.1 Å². The summed E-state index contributed by atoms with van der Waals surface area (Å²) in [5.41, 5.74) is 9.65. The Bertz CT molecular complexity index is 4980. The number of hydrogen-bond acceptors (Lipinski definition) is 4. The quantitative estimate of drug-likeness (QED) is 0.173. The number of rotatable bonds is 5. The SMILES string of the molecule is c1ccc(-n2c3ccccc3c3c(-c4nc(-c5cccc6ccccc56)nc(-c5ccc(-n6c7cc8ccccc8cc7c7c8ccccc8ccc76)c6sc7c8ccccc8ccc7c56)n4)cccc32)cc1. The van der Waals surface area contributed by atoms with Crippen LogP contribution >= 0.6 is 11.3 Å². The number of aromatic nitrogens is 5. The first kappa shape index (κ1) is 40.3. The number of para-hydroxylation sites is 2. The lowest BCUT2D eigenvalue weighted by atomic mass is 10.0. The first-order valence-corrected chi connectivity index (χ1v) is 25.6. The van der Waals surface area contributed by atoms with Gasteiger partial charge >= 0.3 is 0 Å². The number of fused-ring (bicyclic) bond motifs is 15. The van der Waals surface area contributed by atoms with Crippen molar-refractivity contribution in [3.05, 3.63) is 237 Å². The fourth-order valence-electron chi connectivity index (χ4n) is 11.9. The zero-order valence-electron chi connectivity index (χ0n) is 39.2. The van der Waals surface area contributed by atoms with Crippen molar-refractivity contribution in [2.45, 2.75) is 0 Å². The van der Waals surface area contributed by atoms with E-state index in [0.29, 0.717) is 17.5 Å². The molecule has 16 rings (SSSR count). The van der Waals surface area contributed by atoms with Crippen molar-refractivity contribution in [1.29, 1.82) is 0 Å². The third-order valence-electron chi connectivity index (χ3n) is 15.1. The van der Waals surface area contributed by atoms with Gasteiger partial charge in [0, 0.05) is 59.4 Å². The normalized spacial score (nSPS) is 12.1. The number of thiophene rings is 1. The van der Waals surface area contributed by atoms with E-state index in [9.17, 15) is 0 Å². The van der Waals surface area contributed by atoms with Crippen LogP contribution in [0.4, 0.5) is 0 Å². The Morgan fingerprint density at radius 1 is 0.274 bits per heavy atom. The molecule has 4 aromatic heterocycles. The van der Waals surface area contributed by atoms with Gasteiger partial charge in [0.05, 0.1) is 32.5 Å². The molecular formula is C67H39N5S. The Morgan fingerprint density at radius 3 is 1.62 bits per heavy atom. The fraction of sp³-hybridized carbons (Fsp3) is 0. The second kappa shape index (κ2) is 15.5. The summed E-state index contributed by atoms with van der Waals surface area (Å²) in [7, 11) is 0. The second-order valence-corrected chi connectivity index (χ2v) is 20.1. The molecule has 4 heterocycles. The zero-order chi connectivity index (χ0) is 47.7. The molecule has 73 heavy (non-hydrogen) atoms. The molecule has 0 atom stereocenters. The highest BCUT2D eigenvalue weighted by Crippen LogP contribution is 2.48. The summed E-state index contributed by atoms with van der Waals surface area (Å²) in [5, 5.41) is 16.6. The molecule has 0 bridgehead atoms. The maximum Gasteiger partial charge on any atom is 0.164 e. The first-order chi connectivity index (χ1) is 36.2. The molecule has 6 heteroatoms. The highest BCUT2D eigenvalue weighted by molar-refractivity contribution is 7.27. The summed E-state index contributed by atoms with van der Waals surface area (Å²) in [4.78, 5) is 16.7. The average molecular weight is 946 g/mol. The van der Waals surface area contributed by atoms with Gasteiger partial charge in [0.25, 0.3) is 0 Å². The standard InChI is InChI=1S/C67H39N5S/c1-2-22-45(23-3-1)71-55-30-13-12-27-50(55)61-52(29-15-31-56(61)71)66-68-65(49-28-14-21-40-16-6-9-24-46(40)49)69-67(70-66)53-35-37-58(64-62(53)51-34-32-42-18-8-11-26-48(42)63(51)73-64)72-57-36-33-41-17-7-10-25-47(41)60(57)54-38-43-19-4-5-20-44(43)39-59(54)72/h1-39H. The lowest BCUT2D eigenvalue weighted by molar-refractivity contribution is 1.08. The van der Waals surface area contributed by atoms with Gasteiger partial charge in [-0.05, 0) is 97.7 Å². The maximum absolute atomic E-state index is 5.64. The van der Waals surface area contributed by atoms with E-state index in [0.717, 1.165) is 66.0 Å². The molecular weight excluding hydrogens is 907 g/mol. The van der Waals surface area contributed by atoms with E-state index in [-0.39, 0.29) is 0 Å². The molecule has 0 radical (unpaired) electrons. The first-order valence-electron chi connectivity index (χ1n) is 24.8. The molecule has 5 nitrogen and oxygen atoms in total. The molecule has 0 unspecified atom stereocenters. The Labute approximate surface area is 422 Å². The zero-order valence-corrected chi connectivity index (χ0v) is 40.0. The molecule has 338 valence electrons. The summed E-state index contributed by atoms with van der Waals surface area (Å²) < 4.78 is 7.27.